The Bertz CT molecular complexity index is 312. The number of aliphatic hydroxyl groups excluding tert-OH is 1. The fraction of sp³-hybridized carbons (Fsp3) is 0.500. The van der Waals surface area contributed by atoms with Gasteiger partial charge in [0.1, 0.15) is 5.82 Å². The molecule has 0 aliphatic heterocycles. The topological polar surface area (TPSA) is 62.4 Å². The lowest BCUT2D eigenvalue weighted by Gasteiger charge is -2.17. The molecule has 0 saturated heterocycles. The molecule has 0 amide bonds. The van der Waals surface area contributed by atoms with Gasteiger partial charge in [0, 0.05) is 18.3 Å². The number of likely N-dealkylation sites (N-methyl/N-ethyl adjacent to an activating group) is 1. The monoisotopic (exact) mass is 195 g/mol. The van der Waals surface area contributed by atoms with Gasteiger partial charge in [0.15, 0.2) is 0 Å². The number of aryl methyl sites for hydroxylation is 1. The van der Waals surface area contributed by atoms with Crippen LogP contribution in [-0.4, -0.2) is 35.6 Å². The zero-order chi connectivity index (χ0) is 10.7. The van der Waals surface area contributed by atoms with E-state index in [1.807, 2.05) is 32.0 Å². The van der Waals surface area contributed by atoms with Crippen LogP contribution in [-0.2, 0) is 0 Å². The largest absolute Gasteiger partial charge is 0.387 e. The van der Waals surface area contributed by atoms with Crippen molar-refractivity contribution in [2.75, 3.05) is 26.4 Å². The Morgan fingerprint density at radius 2 is 2.21 bits per heavy atom. The number of rotatable bonds is 3. The minimum Gasteiger partial charge on any atom is -0.387 e. The van der Waals surface area contributed by atoms with E-state index < -0.39 is 6.10 Å². The van der Waals surface area contributed by atoms with Crippen LogP contribution in [0.15, 0.2) is 12.3 Å². The van der Waals surface area contributed by atoms with Gasteiger partial charge in [0.05, 0.1) is 6.10 Å². The first kappa shape index (κ1) is 10.9. The Balaban J connectivity index is 2.88. The van der Waals surface area contributed by atoms with Gasteiger partial charge in [-0.25, -0.2) is 4.98 Å². The lowest BCUT2D eigenvalue weighted by molar-refractivity contribution is 0.139. The van der Waals surface area contributed by atoms with Crippen LogP contribution < -0.4 is 5.73 Å². The number of aliphatic hydroxyl groups is 1. The molecule has 14 heavy (non-hydrogen) atoms. The third kappa shape index (κ3) is 2.68. The molecule has 1 rings (SSSR count). The molecular weight excluding hydrogens is 178 g/mol. The first-order valence-corrected chi connectivity index (χ1v) is 4.55. The Hall–Kier alpha value is -1.13. The Labute approximate surface area is 84.4 Å². The average Bonchev–Trinajstić information content (AvgIpc) is 2.08. The molecule has 4 nitrogen and oxygen atoms in total. The maximum Gasteiger partial charge on any atom is 0.129 e. The van der Waals surface area contributed by atoms with Crippen LogP contribution in [0.5, 0.6) is 0 Å². The van der Waals surface area contributed by atoms with E-state index in [2.05, 4.69) is 4.98 Å². The molecular formula is C10H17N3O. The number of aromatic nitrogens is 1. The molecule has 0 radical (unpaired) electrons. The zero-order valence-corrected chi connectivity index (χ0v) is 8.86. The Kier molecular flexibility index (Phi) is 3.43. The molecule has 0 spiro atoms. The second kappa shape index (κ2) is 4.39. The molecule has 0 aliphatic carbocycles. The van der Waals surface area contributed by atoms with E-state index in [0.29, 0.717) is 17.9 Å². The highest BCUT2D eigenvalue weighted by Gasteiger charge is 2.12. The van der Waals surface area contributed by atoms with Gasteiger partial charge in [-0.3, -0.25) is 0 Å². The van der Waals surface area contributed by atoms with Crippen molar-refractivity contribution < 1.29 is 5.11 Å². The van der Waals surface area contributed by atoms with Crippen molar-refractivity contribution in [1.29, 1.82) is 0 Å². The fourth-order valence-corrected chi connectivity index (χ4v) is 1.31. The van der Waals surface area contributed by atoms with Crippen LogP contribution in [0.2, 0.25) is 0 Å². The molecule has 0 saturated carbocycles. The summed E-state index contributed by atoms with van der Waals surface area (Å²) < 4.78 is 0. The fourth-order valence-electron chi connectivity index (χ4n) is 1.31. The molecule has 0 aliphatic rings. The van der Waals surface area contributed by atoms with Gasteiger partial charge in [0.2, 0.25) is 0 Å². The summed E-state index contributed by atoms with van der Waals surface area (Å²) >= 11 is 0. The van der Waals surface area contributed by atoms with Crippen LogP contribution >= 0.6 is 0 Å². The van der Waals surface area contributed by atoms with E-state index in [0.717, 1.165) is 5.56 Å². The van der Waals surface area contributed by atoms with Crippen LogP contribution in [0.4, 0.5) is 5.82 Å². The predicted octanol–water partition coefficient (Wildman–Crippen LogP) is 0.567. The standard InChI is InChI=1S/C10H17N3O/c1-7-4-8(10(11)12-5-7)9(14)6-13(2)3/h4-5,9,14H,6H2,1-3H3,(H2,11,12). The van der Waals surface area contributed by atoms with E-state index in [-0.39, 0.29) is 0 Å². The second-order valence-electron chi connectivity index (χ2n) is 3.77. The summed E-state index contributed by atoms with van der Waals surface area (Å²) in [5.74, 6) is 0.407. The van der Waals surface area contributed by atoms with Crippen molar-refractivity contribution in [3.8, 4) is 0 Å². The highest BCUT2D eigenvalue weighted by Crippen LogP contribution is 2.19. The molecule has 1 atom stereocenters. The second-order valence-corrected chi connectivity index (χ2v) is 3.77. The number of pyridine rings is 1. The molecule has 4 heteroatoms. The van der Waals surface area contributed by atoms with Crippen molar-refractivity contribution in [2.45, 2.75) is 13.0 Å². The molecule has 1 unspecified atom stereocenters. The quantitative estimate of drug-likeness (QED) is 0.740. The minimum atomic E-state index is -0.572. The van der Waals surface area contributed by atoms with Gasteiger partial charge >= 0.3 is 0 Å². The van der Waals surface area contributed by atoms with E-state index in [1.165, 1.54) is 0 Å². The van der Waals surface area contributed by atoms with Crippen LogP contribution in [0.3, 0.4) is 0 Å². The van der Waals surface area contributed by atoms with Crippen molar-refractivity contribution in [1.82, 2.24) is 9.88 Å². The van der Waals surface area contributed by atoms with Gasteiger partial charge in [-0.2, -0.15) is 0 Å². The van der Waals surface area contributed by atoms with E-state index >= 15 is 0 Å². The lowest BCUT2D eigenvalue weighted by atomic mass is 10.1. The summed E-state index contributed by atoms with van der Waals surface area (Å²) in [4.78, 5) is 5.92. The van der Waals surface area contributed by atoms with E-state index in [4.69, 9.17) is 5.73 Å². The van der Waals surface area contributed by atoms with Crippen LogP contribution in [0.1, 0.15) is 17.2 Å². The highest BCUT2D eigenvalue weighted by molar-refractivity contribution is 5.42. The summed E-state index contributed by atoms with van der Waals surface area (Å²) in [5.41, 5.74) is 7.39. The van der Waals surface area contributed by atoms with Crippen molar-refractivity contribution in [3.05, 3.63) is 23.4 Å². The lowest BCUT2D eigenvalue weighted by Crippen LogP contribution is -2.21. The van der Waals surface area contributed by atoms with Gasteiger partial charge in [0.25, 0.3) is 0 Å². The predicted molar refractivity (Wildman–Crippen MR) is 56.9 cm³/mol. The number of hydrogen-bond acceptors (Lipinski definition) is 4. The van der Waals surface area contributed by atoms with Gasteiger partial charge in [-0.1, -0.05) is 0 Å². The average molecular weight is 195 g/mol. The Morgan fingerprint density at radius 1 is 1.57 bits per heavy atom. The van der Waals surface area contributed by atoms with Crippen molar-refractivity contribution in [2.24, 2.45) is 0 Å². The molecule has 3 N–H and O–H groups in total. The Morgan fingerprint density at radius 3 is 2.79 bits per heavy atom. The zero-order valence-electron chi connectivity index (χ0n) is 8.86. The number of anilines is 1. The van der Waals surface area contributed by atoms with E-state index in [9.17, 15) is 5.11 Å². The van der Waals surface area contributed by atoms with E-state index in [1.54, 1.807) is 6.20 Å². The first-order chi connectivity index (χ1) is 6.50. The molecule has 1 heterocycles. The summed E-state index contributed by atoms with van der Waals surface area (Å²) in [6, 6.07) is 1.87. The summed E-state index contributed by atoms with van der Waals surface area (Å²) in [5, 5.41) is 9.83. The summed E-state index contributed by atoms with van der Waals surface area (Å²) in [6.45, 7) is 2.48. The number of hydrogen-bond donors (Lipinski definition) is 2. The minimum absolute atomic E-state index is 0.407. The van der Waals surface area contributed by atoms with Gasteiger partial charge in [-0.05, 0) is 32.6 Å². The van der Waals surface area contributed by atoms with Crippen LogP contribution in [0.25, 0.3) is 0 Å². The summed E-state index contributed by atoms with van der Waals surface area (Å²) in [7, 11) is 3.81. The maximum absolute atomic E-state index is 9.83. The third-order valence-corrected chi connectivity index (χ3v) is 1.98. The molecule has 0 aromatic carbocycles. The third-order valence-electron chi connectivity index (χ3n) is 1.98. The van der Waals surface area contributed by atoms with Gasteiger partial charge in [-0.15, -0.1) is 0 Å². The van der Waals surface area contributed by atoms with Crippen molar-refractivity contribution >= 4 is 5.82 Å². The molecule has 0 bridgehead atoms. The molecule has 1 aromatic heterocycles. The first-order valence-electron chi connectivity index (χ1n) is 4.55. The number of nitrogens with zero attached hydrogens (tertiary/aromatic N) is 2. The number of nitrogens with two attached hydrogens (primary N) is 1. The molecule has 78 valence electrons. The molecule has 0 fully saturated rings. The van der Waals surface area contributed by atoms with Crippen LogP contribution in [0, 0.1) is 6.92 Å². The summed E-state index contributed by atoms with van der Waals surface area (Å²) in [6.07, 6.45) is 1.12. The van der Waals surface area contributed by atoms with Crippen molar-refractivity contribution in [3.63, 3.8) is 0 Å². The smallest absolute Gasteiger partial charge is 0.129 e. The molecule has 1 aromatic rings. The maximum atomic E-state index is 9.83. The highest BCUT2D eigenvalue weighted by atomic mass is 16.3. The SMILES string of the molecule is Cc1cnc(N)c(C(O)CN(C)C)c1. The number of nitrogen functional groups attached to an aromatic ring is 1. The van der Waals surface area contributed by atoms with Gasteiger partial charge < -0.3 is 15.7 Å². The normalized spacial score (nSPS) is 13.2.